The predicted molar refractivity (Wildman–Crippen MR) is 118 cm³/mol. The molecule has 1 saturated heterocycles. The van der Waals surface area contributed by atoms with E-state index in [2.05, 4.69) is 5.32 Å². The first kappa shape index (κ1) is 22.6. The minimum atomic E-state index is -0.395. The summed E-state index contributed by atoms with van der Waals surface area (Å²) >= 11 is 0. The van der Waals surface area contributed by atoms with Gasteiger partial charge >= 0.3 is 0 Å². The Morgan fingerprint density at radius 1 is 0.903 bits per heavy atom. The van der Waals surface area contributed by atoms with Crippen LogP contribution in [0.15, 0.2) is 42.5 Å². The second-order valence-electron chi connectivity index (χ2n) is 7.90. The number of rotatable bonds is 7. The van der Waals surface area contributed by atoms with E-state index in [0.29, 0.717) is 31.7 Å². The van der Waals surface area contributed by atoms with Crippen LogP contribution in [0.25, 0.3) is 0 Å². The number of amides is 2. The van der Waals surface area contributed by atoms with Gasteiger partial charge in [-0.1, -0.05) is 18.2 Å². The maximum Gasteiger partial charge on any atom is 0.238 e. The van der Waals surface area contributed by atoms with Gasteiger partial charge in [0.15, 0.2) is 5.78 Å². The molecule has 0 unspecified atom stereocenters. The van der Waals surface area contributed by atoms with E-state index in [1.54, 1.807) is 4.90 Å². The number of Topliss-reactive ketones (excluding diaryl/α,β-unsaturated/α-hetero) is 1. The van der Waals surface area contributed by atoms with Crippen molar-refractivity contribution in [2.45, 2.75) is 26.7 Å². The highest BCUT2D eigenvalue weighted by atomic mass is 19.1. The number of para-hydroxylation sites is 1. The lowest BCUT2D eigenvalue weighted by Gasteiger charge is -2.34. The van der Waals surface area contributed by atoms with Crippen LogP contribution in [-0.4, -0.2) is 60.1 Å². The number of carbonyl (C=O) groups is 3. The maximum atomic E-state index is 13.0. The number of hydrogen-bond donors (Lipinski definition) is 1. The third-order valence-electron chi connectivity index (χ3n) is 5.57. The van der Waals surface area contributed by atoms with E-state index in [1.807, 2.05) is 36.9 Å². The Bertz CT molecular complexity index is 931. The van der Waals surface area contributed by atoms with E-state index < -0.39 is 5.82 Å². The van der Waals surface area contributed by atoms with Crippen LogP contribution in [0.2, 0.25) is 0 Å². The third kappa shape index (κ3) is 6.21. The number of ketones is 1. The van der Waals surface area contributed by atoms with Crippen LogP contribution in [0.4, 0.5) is 10.1 Å². The monoisotopic (exact) mass is 425 g/mol. The van der Waals surface area contributed by atoms with E-state index >= 15 is 0 Å². The van der Waals surface area contributed by atoms with Gasteiger partial charge in [-0.25, -0.2) is 4.39 Å². The summed E-state index contributed by atoms with van der Waals surface area (Å²) in [6.45, 7) is 6.48. The van der Waals surface area contributed by atoms with Crippen LogP contribution in [0, 0.1) is 19.7 Å². The van der Waals surface area contributed by atoms with Crippen molar-refractivity contribution in [2.24, 2.45) is 0 Å². The molecule has 1 fully saturated rings. The molecule has 31 heavy (non-hydrogen) atoms. The van der Waals surface area contributed by atoms with E-state index in [4.69, 9.17) is 0 Å². The largest absolute Gasteiger partial charge is 0.340 e. The van der Waals surface area contributed by atoms with Crippen LogP contribution in [0.5, 0.6) is 0 Å². The Balaban J connectivity index is 1.41. The van der Waals surface area contributed by atoms with Gasteiger partial charge in [0.2, 0.25) is 11.8 Å². The standard InChI is InChI=1S/C24H28FN3O3/c1-17-4-3-5-18(2)24(17)26-22(30)16-27-12-14-28(15-13-27)23(31)11-10-21(29)19-6-8-20(25)9-7-19/h3-9H,10-16H2,1-2H3,(H,26,30). The van der Waals surface area contributed by atoms with Crippen LogP contribution >= 0.6 is 0 Å². The van der Waals surface area contributed by atoms with Gasteiger partial charge in [-0.05, 0) is 49.2 Å². The number of hydrogen-bond acceptors (Lipinski definition) is 4. The Hall–Kier alpha value is -3.06. The molecule has 3 rings (SSSR count). The van der Waals surface area contributed by atoms with Crippen LogP contribution in [0.1, 0.15) is 34.3 Å². The predicted octanol–water partition coefficient (Wildman–Crippen LogP) is 3.19. The number of benzene rings is 2. The van der Waals surface area contributed by atoms with E-state index in [0.717, 1.165) is 16.8 Å². The highest BCUT2D eigenvalue weighted by Gasteiger charge is 2.23. The zero-order valence-corrected chi connectivity index (χ0v) is 18.0. The lowest BCUT2D eigenvalue weighted by Crippen LogP contribution is -2.50. The highest BCUT2D eigenvalue weighted by Crippen LogP contribution is 2.19. The number of nitrogens with one attached hydrogen (secondary N) is 1. The molecule has 1 aliphatic heterocycles. The average molecular weight is 426 g/mol. The maximum absolute atomic E-state index is 13.0. The van der Waals surface area contributed by atoms with Gasteiger partial charge in [0.1, 0.15) is 5.82 Å². The number of nitrogens with zero attached hydrogens (tertiary/aromatic N) is 2. The summed E-state index contributed by atoms with van der Waals surface area (Å²) in [6, 6.07) is 11.2. The number of aryl methyl sites for hydroxylation is 2. The minimum Gasteiger partial charge on any atom is -0.340 e. The summed E-state index contributed by atoms with van der Waals surface area (Å²) in [7, 11) is 0. The quantitative estimate of drug-likeness (QED) is 0.692. The Morgan fingerprint density at radius 3 is 2.13 bits per heavy atom. The van der Waals surface area contributed by atoms with Crippen molar-refractivity contribution in [1.82, 2.24) is 9.80 Å². The molecule has 2 amide bonds. The van der Waals surface area contributed by atoms with Crippen molar-refractivity contribution in [3.63, 3.8) is 0 Å². The second-order valence-corrected chi connectivity index (χ2v) is 7.90. The molecule has 0 atom stereocenters. The van der Waals surface area contributed by atoms with Gasteiger partial charge < -0.3 is 10.2 Å². The first-order valence-electron chi connectivity index (χ1n) is 10.5. The van der Waals surface area contributed by atoms with Gasteiger partial charge in [0.25, 0.3) is 0 Å². The molecule has 1 N–H and O–H groups in total. The van der Waals surface area contributed by atoms with Crippen molar-refractivity contribution in [3.05, 3.63) is 65.0 Å². The van der Waals surface area contributed by atoms with Crippen molar-refractivity contribution in [2.75, 3.05) is 38.0 Å². The fourth-order valence-electron chi connectivity index (χ4n) is 3.71. The van der Waals surface area contributed by atoms with Crippen molar-refractivity contribution < 1.29 is 18.8 Å². The smallest absolute Gasteiger partial charge is 0.238 e. The molecule has 0 aromatic heterocycles. The van der Waals surface area contributed by atoms with E-state index in [9.17, 15) is 18.8 Å². The molecule has 164 valence electrons. The molecule has 7 heteroatoms. The zero-order valence-electron chi connectivity index (χ0n) is 18.0. The summed E-state index contributed by atoms with van der Waals surface area (Å²) in [6.07, 6.45) is 0.228. The molecular weight excluding hydrogens is 397 g/mol. The summed E-state index contributed by atoms with van der Waals surface area (Å²) < 4.78 is 13.0. The molecule has 0 aliphatic carbocycles. The Kier molecular flexibility index (Phi) is 7.52. The van der Waals surface area contributed by atoms with Crippen LogP contribution in [-0.2, 0) is 9.59 Å². The summed E-state index contributed by atoms with van der Waals surface area (Å²) in [5.41, 5.74) is 3.32. The van der Waals surface area contributed by atoms with E-state index in [-0.39, 0.29) is 37.0 Å². The normalized spacial score (nSPS) is 14.4. The minimum absolute atomic E-state index is 0.0675. The molecule has 0 bridgehead atoms. The van der Waals surface area contributed by atoms with Crippen molar-refractivity contribution in [3.8, 4) is 0 Å². The average Bonchev–Trinajstić information content (AvgIpc) is 2.75. The molecule has 2 aromatic carbocycles. The summed E-state index contributed by atoms with van der Waals surface area (Å²) in [5.74, 6) is -0.708. The fourth-order valence-corrected chi connectivity index (χ4v) is 3.71. The summed E-state index contributed by atoms with van der Waals surface area (Å²) in [5, 5.41) is 2.99. The van der Waals surface area contributed by atoms with E-state index in [1.165, 1.54) is 24.3 Å². The molecule has 0 spiro atoms. The third-order valence-corrected chi connectivity index (χ3v) is 5.57. The number of piperazine rings is 1. The first-order valence-corrected chi connectivity index (χ1v) is 10.5. The van der Waals surface area contributed by atoms with Gasteiger partial charge in [0.05, 0.1) is 6.54 Å². The van der Waals surface area contributed by atoms with Crippen molar-refractivity contribution >= 4 is 23.3 Å². The Morgan fingerprint density at radius 2 is 1.52 bits per heavy atom. The van der Waals surface area contributed by atoms with Gasteiger partial charge in [-0.2, -0.15) is 0 Å². The van der Waals surface area contributed by atoms with Crippen LogP contribution in [0.3, 0.4) is 0 Å². The SMILES string of the molecule is Cc1cccc(C)c1NC(=O)CN1CCN(C(=O)CCC(=O)c2ccc(F)cc2)CC1. The molecule has 6 nitrogen and oxygen atoms in total. The molecule has 0 radical (unpaired) electrons. The topological polar surface area (TPSA) is 69.7 Å². The molecule has 2 aromatic rings. The summed E-state index contributed by atoms with van der Waals surface area (Å²) in [4.78, 5) is 40.8. The first-order chi connectivity index (χ1) is 14.8. The number of anilines is 1. The van der Waals surface area contributed by atoms with Crippen molar-refractivity contribution in [1.29, 1.82) is 0 Å². The molecule has 0 saturated carbocycles. The second kappa shape index (κ2) is 10.3. The Labute approximate surface area is 182 Å². The number of halogens is 1. The lowest BCUT2D eigenvalue weighted by molar-refractivity contribution is -0.133. The van der Waals surface area contributed by atoms with Crippen LogP contribution < -0.4 is 5.32 Å². The van der Waals surface area contributed by atoms with Gasteiger partial charge in [-0.15, -0.1) is 0 Å². The van der Waals surface area contributed by atoms with Gasteiger partial charge in [-0.3, -0.25) is 19.3 Å². The molecule has 1 aliphatic rings. The van der Waals surface area contributed by atoms with Gasteiger partial charge in [0, 0.05) is 50.3 Å². The zero-order chi connectivity index (χ0) is 22.4. The lowest BCUT2D eigenvalue weighted by atomic mass is 10.1. The molecule has 1 heterocycles. The highest BCUT2D eigenvalue weighted by molar-refractivity contribution is 5.98. The number of carbonyl (C=O) groups excluding carboxylic acids is 3. The fraction of sp³-hybridized carbons (Fsp3) is 0.375. The molecular formula is C24H28FN3O3.